The van der Waals surface area contributed by atoms with Crippen LogP contribution in [0.3, 0.4) is 0 Å². The largest absolute Gasteiger partial charge is 0.478 e. The number of carbonyl (C=O) groups is 2. The summed E-state index contributed by atoms with van der Waals surface area (Å²) in [7, 11) is 0. The third-order valence-electron chi connectivity index (χ3n) is 4.36. The number of hydrogen-bond acceptors (Lipinski definition) is 2. The van der Waals surface area contributed by atoms with Gasteiger partial charge in [-0.1, -0.05) is 66.7 Å². The first kappa shape index (κ1) is 18.4. The van der Waals surface area contributed by atoms with Gasteiger partial charge in [-0.3, -0.25) is 4.79 Å². The molecule has 0 atom stereocenters. The number of carbonyl (C=O) groups excluding carboxylic acids is 1. The summed E-state index contributed by atoms with van der Waals surface area (Å²) in [4.78, 5) is 23.3. The first-order chi connectivity index (χ1) is 13.1. The van der Waals surface area contributed by atoms with Gasteiger partial charge in [0.05, 0.1) is 11.3 Å². The number of rotatable bonds is 7. The summed E-state index contributed by atoms with van der Waals surface area (Å²) in [6.07, 6.45) is 1.84. The summed E-state index contributed by atoms with van der Waals surface area (Å²) in [5.41, 5.74) is 3.96. The lowest BCUT2D eigenvalue weighted by Crippen LogP contribution is -2.14. The molecule has 3 aromatic carbocycles. The number of anilines is 1. The molecule has 4 nitrogen and oxygen atoms in total. The second-order valence-corrected chi connectivity index (χ2v) is 6.32. The number of amides is 1. The predicted molar refractivity (Wildman–Crippen MR) is 107 cm³/mol. The third-order valence-corrected chi connectivity index (χ3v) is 4.36. The molecule has 1 amide bonds. The number of nitrogens with one attached hydrogen (secondary N) is 1. The fourth-order valence-corrected chi connectivity index (χ4v) is 2.94. The Morgan fingerprint density at radius 1 is 0.778 bits per heavy atom. The Labute approximate surface area is 158 Å². The highest BCUT2D eigenvalue weighted by molar-refractivity contribution is 6.00. The Balaban J connectivity index is 1.51. The SMILES string of the molecule is O=C(CCCc1ccc(-c2ccccc2)cc1)Nc1ccccc1C(=O)O. The average molecular weight is 359 g/mol. The summed E-state index contributed by atoms with van der Waals surface area (Å²) in [6, 6.07) is 25.0. The van der Waals surface area contributed by atoms with Gasteiger partial charge in [0.15, 0.2) is 0 Å². The molecule has 2 N–H and O–H groups in total. The van der Waals surface area contributed by atoms with Crippen LogP contribution in [-0.4, -0.2) is 17.0 Å². The minimum atomic E-state index is -1.05. The smallest absolute Gasteiger partial charge is 0.337 e. The second kappa shape index (κ2) is 8.81. The van der Waals surface area contributed by atoms with Crippen molar-refractivity contribution < 1.29 is 14.7 Å². The molecule has 136 valence electrons. The molecule has 0 fully saturated rings. The van der Waals surface area contributed by atoms with E-state index in [2.05, 4.69) is 41.7 Å². The zero-order chi connectivity index (χ0) is 19.1. The van der Waals surface area contributed by atoms with Crippen LogP contribution < -0.4 is 5.32 Å². The van der Waals surface area contributed by atoms with E-state index in [9.17, 15) is 9.59 Å². The van der Waals surface area contributed by atoms with Crippen molar-refractivity contribution in [3.63, 3.8) is 0 Å². The molecule has 0 saturated heterocycles. The second-order valence-electron chi connectivity index (χ2n) is 6.32. The number of carboxylic acid groups (broad SMARTS) is 1. The van der Waals surface area contributed by atoms with Crippen molar-refractivity contribution in [1.82, 2.24) is 0 Å². The van der Waals surface area contributed by atoms with E-state index in [1.54, 1.807) is 18.2 Å². The highest BCUT2D eigenvalue weighted by atomic mass is 16.4. The molecule has 0 saturated carbocycles. The normalized spacial score (nSPS) is 10.4. The van der Waals surface area contributed by atoms with Crippen LogP contribution in [0, 0.1) is 0 Å². The van der Waals surface area contributed by atoms with Crippen LogP contribution in [0.5, 0.6) is 0 Å². The van der Waals surface area contributed by atoms with Crippen molar-refractivity contribution in [3.8, 4) is 11.1 Å². The number of aromatic carboxylic acids is 1. The fraction of sp³-hybridized carbons (Fsp3) is 0.130. The highest BCUT2D eigenvalue weighted by Gasteiger charge is 2.11. The first-order valence-electron chi connectivity index (χ1n) is 8.90. The van der Waals surface area contributed by atoms with Crippen LogP contribution >= 0.6 is 0 Å². The Bertz CT molecular complexity index is 918. The molecule has 3 aromatic rings. The van der Waals surface area contributed by atoms with E-state index in [0.29, 0.717) is 18.5 Å². The molecule has 0 unspecified atom stereocenters. The number of hydrogen-bond donors (Lipinski definition) is 2. The van der Waals surface area contributed by atoms with E-state index in [0.717, 1.165) is 6.42 Å². The molecule has 3 rings (SSSR count). The molecule has 0 bridgehead atoms. The van der Waals surface area contributed by atoms with Crippen LogP contribution in [0.4, 0.5) is 5.69 Å². The van der Waals surface area contributed by atoms with Gasteiger partial charge in [0.1, 0.15) is 0 Å². The van der Waals surface area contributed by atoms with Gasteiger partial charge in [-0.25, -0.2) is 4.79 Å². The first-order valence-corrected chi connectivity index (χ1v) is 8.90. The minimum absolute atomic E-state index is 0.0994. The van der Waals surface area contributed by atoms with Gasteiger partial charge in [0.2, 0.25) is 5.91 Å². The van der Waals surface area contributed by atoms with Crippen molar-refractivity contribution in [3.05, 3.63) is 90.0 Å². The number of benzene rings is 3. The summed E-state index contributed by atoms with van der Waals surface area (Å²) < 4.78 is 0. The molecular weight excluding hydrogens is 338 g/mol. The summed E-state index contributed by atoms with van der Waals surface area (Å²) in [5.74, 6) is -1.23. The number of para-hydroxylation sites is 1. The Kier molecular flexibility index (Phi) is 6.00. The molecule has 0 heterocycles. The molecule has 0 aliphatic carbocycles. The van der Waals surface area contributed by atoms with Crippen LogP contribution in [0.25, 0.3) is 11.1 Å². The van der Waals surface area contributed by atoms with E-state index in [1.165, 1.54) is 22.8 Å². The predicted octanol–water partition coefficient (Wildman–Crippen LogP) is 5.01. The quantitative estimate of drug-likeness (QED) is 0.623. The van der Waals surface area contributed by atoms with Crippen molar-refractivity contribution in [1.29, 1.82) is 0 Å². The van der Waals surface area contributed by atoms with Crippen molar-refractivity contribution in [2.75, 3.05) is 5.32 Å². The van der Waals surface area contributed by atoms with Crippen LogP contribution in [0.15, 0.2) is 78.9 Å². The molecule has 0 radical (unpaired) electrons. The average Bonchev–Trinajstić information content (AvgIpc) is 2.69. The molecule has 0 aliphatic heterocycles. The van der Waals surface area contributed by atoms with Gasteiger partial charge < -0.3 is 10.4 Å². The van der Waals surface area contributed by atoms with Gasteiger partial charge in [-0.2, -0.15) is 0 Å². The number of aryl methyl sites for hydroxylation is 1. The monoisotopic (exact) mass is 359 g/mol. The molecule has 0 spiro atoms. The van der Waals surface area contributed by atoms with E-state index in [4.69, 9.17) is 5.11 Å². The highest BCUT2D eigenvalue weighted by Crippen LogP contribution is 2.20. The maximum absolute atomic E-state index is 12.1. The zero-order valence-electron chi connectivity index (χ0n) is 14.9. The van der Waals surface area contributed by atoms with Gasteiger partial charge in [-0.15, -0.1) is 0 Å². The van der Waals surface area contributed by atoms with Crippen LogP contribution in [-0.2, 0) is 11.2 Å². The molecule has 4 heteroatoms. The minimum Gasteiger partial charge on any atom is -0.478 e. The van der Waals surface area contributed by atoms with Crippen LogP contribution in [0.1, 0.15) is 28.8 Å². The van der Waals surface area contributed by atoms with E-state index < -0.39 is 5.97 Å². The van der Waals surface area contributed by atoms with Crippen molar-refractivity contribution in [2.45, 2.75) is 19.3 Å². The lowest BCUT2D eigenvalue weighted by molar-refractivity contribution is -0.116. The summed E-state index contributed by atoms with van der Waals surface area (Å²) in [5, 5.41) is 11.8. The fourth-order valence-electron chi connectivity index (χ4n) is 2.94. The molecular formula is C23H21NO3. The Morgan fingerprint density at radius 2 is 1.41 bits per heavy atom. The topological polar surface area (TPSA) is 66.4 Å². The van der Waals surface area contributed by atoms with E-state index >= 15 is 0 Å². The molecule has 0 aromatic heterocycles. The van der Waals surface area contributed by atoms with E-state index in [1.807, 2.05) is 18.2 Å². The standard InChI is InChI=1S/C23H21NO3/c25-22(24-21-11-5-4-10-20(21)23(26)27)12-6-7-17-13-15-19(16-14-17)18-8-2-1-3-9-18/h1-5,8-11,13-16H,6-7,12H2,(H,24,25)(H,26,27). The lowest BCUT2D eigenvalue weighted by Gasteiger charge is -2.08. The van der Waals surface area contributed by atoms with Crippen molar-refractivity contribution >= 4 is 17.6 Å². The van der Waals surface area contributed by atoms with E-state index in [-0.39, 0.29) is 11.5 Å². The van der Waals surface area contributed by atoms with Gasteiger partial charge in [-0.05, 0) is 41.7 Å². The zero-order valence-corrected chi connectivity index (χ0v) is 14.9. The van der Waals surface area contributed by atoms with Crippen LogP contribution in [0.2, 0.25) is 0 Å². The lowest BCUT2D eigenvalue weighted by atomic mass is 10.0. The van der Waals surface area contributed by atoms with Crippen molar-refractivity contribution in [2.24, 2.45) is 0 Å². The Hall–Kier alpha value is -3.40. The molecule has 27 heavy (non-hydrogen) atoms. The van der Waals surface area contributed by atoms with Gasteiger partial charge in [0, 0.05) is 6.42 Å². The summed E-state index contributed by atoms with van der Waals surface area (Å²) in [6.45, 7) is 0. The maximum atomic E-state index is 12.1. The number of carboxylic acids is 1. The maximum Gasteiger partial charge on any atom is 0.337 e. The Morgan fingerprint density at radius 3 is 2.11 bits per heavy atom. The third kappa shape index (κ3) is 5.05. The summed E-state index contributed by atoms with van der Waals surface area (Å²) >= 11 is 0. The van der Waals surface area contributed by atoms with Gasteiger partial charge in [0.25, 0.3) is 0 Å². The molecule has 0 aliphatic rings. The van der Waals surface area contributed by atoms with Gasteiger partial charge >= 0.3 is 5.97 Å².